The van der Waals surface area contributed by atoms with Gasteiger partial charge in [-0.2, -0.15) is 0 Å². The summed E-state index contributed by atoms with van der Waals surface area (Å²) in [5.74, 6) is 0.0351. The number of aryl methyl sites for hydroxylation is 1. The van der Waals surface area contributed by atoms with Crippen molar-refractivity contribution >= 4 is 17.4 Å². The summed E-state index contributed by atoms with van der Waals surface area (Å²) in [7, 11) is 0. The standard InChI is InChI=1S/C24H21FN6O/c1-16-10-19(25)12-21(11-16)31-15-22(28-29-31)24(32)27-20-6-8-26-23(13-20)30-9-7-17-4-2-3-5-18(17)14-30/h2-6,8,10-13,15H,7,9,14H2,1H3,(H,26,27,32). The molecule has 0 saturated carbocycles. The van der Waals surface area contributed by atoms with E-state index in [4.69, 9.17) is 0 Å². The Balaban J connectivity index is 1.31. The Bertz CT molecular complexity index is 1280. The van der Waals surface area contributed by atoms with Crippen LogP contribution in [-0.2, 0) is 13.0 Å². The van der Waals surface area contributed by atoms with Gasteiger partial charge in [0.05, 0.1) is 11.9 Å². The van der Waals surface area contributed by atoms with Crippen LogP contribution in [0.1, 0.15) is 27.2 Å². The van der Waals surface area contributed by atoms with Gasteiger partial charge in [-0.25, -0.2) is 14.1 Å². The maximum atomic E-state index is 13.7. The molecule has 0 unspecified atom stereocenters. The average Bonchev–Trinajstić information content (AvgIpc) is 3.29. The zero-order chi connectivity index (χ0) is 22.1. The molecule has 3 heterocycles. The smallest absolute Gasteiger partial charge is 0.277 e. The van der Waals surface area contributed by atoms with E-state index in [2.05, 4.69) is 43.7 Å². The van der Waals surface area contributed by atoms with Crippen LogP contribution in [0.4, 0.5) is 15.9 Å². The van der Waals surface area contributed by atoms with Crippen molar-refractivity contribution in [2.45, 2.75) is 19.9 Å². The number of fused-ring (bicyclic) bond motifs is 1. The molecule has 0 spiro atoms. The Morgan fingerprint density at radius 3 is 2.78 bits per heavy atom. The van der Waals surface area contributed by atoms with Gasteiger partial charge in [0.1, 0.15) is 11.6 Å². The second kappa shape index (κ2) is 8.22. The monoisotopic (exact) mass is 428 g/mol. The van der Waals surface area contributed by atoms with Gasteiger partial charge in [0.25, 0.3) is 5.91 Å². The van der Waals surface area contributed by atoms with E-state index in [1.54, 1.807) is 25.3 Å². The molecule has 32 heavy (non-hydrogen) atoms. The third-order valence-corrected chi connectivity index (χ3v) is 5.48. The minimum absolute atomic E-state index is 0.136. The Labute approximate surface area is 184 Å². The van der Waals surface area contributed by atoms with E-state index in [1.807, 2.05) is 12.1 Å². The number of amides is 1. The van der Waals surface area contributed by atoms with Crippen LogP contribution in [-0.4, -0.2) is 32.4 Å². The van der Waals surface area contributed by atoms with Crippen LogP contribution in [0.25, 0.3) is 5.69 Å². The van der Waals surface area contributed by atoms with E-state index >= 15 is 0 Å². The van der Waals surface area contributed by atoms with E-state index in [-0.39, 0.29) is 11.5 Å². The number of nitrogens with zero attached hydrogens (tertiary/aromatic N) is 5. The molecule has 4 aromatic rings. The highest BCUT2D eigenvalue weighted by atomic mass is 19.1. The van der Waals surface area contributed by atoms with Gasteiger partial charge in [-0.15, -0.1) is 5.10 Å². The van der Waals surface area contributed by atoms with Crippen molar-refractivity contribution in [2.75, 3.05) is 16.8 Å². The minimum atomic E-state index is -0.398. The maximum absolute atomic E-state index is 13.7. The Morgan fingerprint density at radius 2 is 1.94 bits per heavy atom. The number of nitrogens with one attached hydrogen (secondary N) is 1. The van der Waals surface area contributed by atoms with Gasteiger partial charge in [-0.1, -0.05) is 29.5 Å². The van der Waals surface area contributed by atoms with Gasteiger partial charge >= 0.3 is 0 Å². The fourth-order valence-electron chi connectivity index (χ4n) is 3.90. The second-order valence-corrected chi connectivity index (χ2v) is 7.83. The van der Waals surface area contributed by atoms with Crippen LogP contribution in [0.3, 0.4) is 0 Å². The minimum Gasteiger partial charge on any atom is -0.352 e. The molecule has 1 N–H and O–H groups in total. The largest absolute Gasteiger partial charge is 0.352 e. The molecule has 160 valence electrons. The quantitative estimate of drug-likeness (QED) is 0.533. The van der Waals surface area contributed by atoms with E-state index < -0.39 is 5.91 Å². The summed E-state index contributed by atoms with van der Waals surface area (Å²) in [6.07, 6.45) is 4.11. The van der Waals surface area contributed by atoms with Crippen LogP contribution in [0.5, 0.6) is 0 Å². The molecular weight excluding hydrogens is 407 g/mol. The topological polar surface area (TPSA) is 75.9 Å². The predicted molar refractivity (Wildman–Crippen MR) is 119 cm³/mol. The summed E-state index contributed by atoms with van der Waals surface area (Å²) in [6, 6.07) is 16.5. The van der Waals surface area contributed by atoms with Gasteiger partial charge in [-0.3, -0.25) is 4.79 Å². The molecule has 1 aliphatic heterocycles. The van der Waals surface area contributed by atoms with E-state index in [0.717, 1.165) is 30.9 Å². The first kappa shape index (κ1) is 19.9. The van der Waals surface area contributed by atoms with Crippen molar-refractivity contribution in [3.8, 4) is 5.69 Å². The molecule has 7 nitrogen and oxygen atoms in total. The number of hydrogen-bond acceptors (Lipinski definition) is 5. The first-order valence-electron chi connectivity index (χ1n) is 10.3. The predicted octanol–water partition coefficient (Wildman–Crippen LogP) is 3.92. The Hall–Kier alpha value is -4.07. The molecular formula is C24H21FN6O. The molecule has 2 aromatic heterocycles. The summed E-state index contributed by atoms with van der Waals surface area (Å²) in [5.41, 5.74) is 4.67. The molecule has 5 rings (SSSR count). The molecule has 1 amide bonds. The number of rotatable bonds is 4. The maximum Gasteiger partial charge on any atom is 0.277 e. The van der Waals surface area contributed by atoms with Crippen molar-refractivity contribution in [1.29, 1.82) is 0 Å². The van der Waals surface area contributed by atoms with Crippen molar-refractivity contribution < 1.29 is 9.18 Å². The highest BCUT2D eigenvalue weighted by Gasteiger charge is 2.18. The molecule has 0 radical (unpaired) electrons. The van der Waals surface area contributed by atoms with Crippen LogP contribution >= 0.6 is 0 Å². The number of carbonyl (C=O) groups excluding carboxylic acids is 1. The molecule has 0 saturated heterocycles. The first-order valence-corrected chi connectivity index (χ1v) is 10.3. The second-order valence-electron chi connectivity index (χ2n) is 7.83. The zero-order valence-electron chi connectivity index (χ0n) is 17.5. The molecule has 0 atom stereocenters. The summed E-state index contributed by atoms with van der Waals surface area (Å²) < 4.78 is 15.1. The van der Waals surface area contributed by atoms with Crippen molar-refractivity contribution in [3.05, 3.63) is 95.2 Å². The zero-order valence-corrected chi connectivity index (χ0v) is 17.5. The van der Waals surface area contributed by atoms with Gasteiger partial charge in [-0.05, 0) is 54.3 Å². The van der Waals surface area contributed by atoms with Crippen LogP contribution < -0.4 is 10.2 Å². The van der Waals surface area contributed by atoms with Gasteiger partial charge < -0.3 is 10.2 Å². The Kier molecular flexibility index (Phi) is 5.10. The number of aromatic nitrogens is 4. The lowest BCUT2D eigenvalue weighted by Crippen LogP contribution is -2.31. The number of pyridine rings is 1. The SMILES string of the molecule is Cc1cc(F)cc(-n2cc(C(=O)Nc3ccnc(N4CCc5ccccc5C4)c3)nn2)c1. The number of halogens is 1. The molecule has 2 aromatic carbocycles. The fraction of sp³-hybridized carbons (Fsp3) is 0.167. The van der Waals surface area contributed by atoms with Crippen molar-refractivity contribution in [1.82, 2.24) is 20.0 Å². The van der Waals surface area contributed by atoms with E-state index in [0.29, 0.717) is 11.4 Å². The fourth-order valence-corrected chi connectivity index (χ4v) is 3.90. The first-order chi connectivity index (χ1) is 15.5. The van der Waals surface area contributed by atoms with E-state index in [1.165, 1.54) is 34.1 Å². The van der Waals surface area contributed by atoms with E-state index in [9.17, 15) is 9.18 Å². The summed E-state index contributed by atoms with van der Waals surface area (Å²) in [5, 5.41) is 10.7. The highest BCUT2D eigenvalue weighted by Crippen LogP contribution is 2.25. The number of carbonyl (C=O) groups is 1. The lowest BCUT2D eigenvalue weighted by molar-refractivity contribution is 0.102. The Morgan fingerprint density at radius 1 is 1.09 bits per heavy atom. The number of hydrogen-bond donors (Lipinski definition) is 1. The molecule has 1 aliphatic rings. The summed E-state index contributed by atoms with van der Waals surface area (Å²) in [6.45, 7) is 3.43. The van der Waals surface area contributed by atoms with Crippen LogP contribution in [0.2, 0.25) is 0 Å². The van der Waals surface area contributed by atoms with Gasteiger partial charge in [0, 0.05) is 31.0 Å². The molecule has 8 heteroatoms. The van der Waals surface area contributed by atoms with Gasteiger partial charge in [0.15, 0.2) is 5.69 Å². The van der Waals surface area contributed by atoms with Crippen molar-refractivity contribution in [2.24, 2.45) is 0 Å². The van der Waals surface area contributed by atoms with Crippen LogP contribution in [0.15, 0.2) is 67.0 Å². The summed E-state index contributed by atoms with van der Waals surface area (Å²) in [4.78, 5) is 19.4. The highest BCUT2D eigenvalue weighted by molar-refractivity contribution is 6.02. The van der Waals surface area contributed by atoms with Crippen molar-refractivity contribution in [3.63, 3.8) is 0 Å². The lowest BCUT2D eigenvalue weighted by Gasteiger charge is -2.30. The summed E-state index contributed by atoms with van der Waals surface area (Å²) >= 11 is 0. The molecule has 0 aliphatic carbocycles. The molecule has 0 bridgehead atoms. The number of anilines is 2. The third-order valence-electron chi connectivity index (χ3n) is 5.48. The molecule has 0 fully saturated rings. The third kappa shape index (κ3) is 4.07. The number of benzene rings is 2. The lowest BCUT2D eigenvalue weighted by atomic mass is 10.00. The van der Waals surface area contributed by atoms with Gasteiger partial charge in [0.2, 0.25) is 0 Å². The average molecular weight is 428 g/mol. The van der Waals surface area contributed by atoms with Crippen LogP contribution in [0, 0.1) is 12.7 Å². The normalized spacial score (nSPS) is 13.0.